The van der Waals surface area contributed by atoms with Gasteiger partial charge in [0.25, 0.3) is 0 Å². The normalized spacial score (nSPS) is 22.3. The molecule has 0 fully saturated rings. The minimum atomic E-state index is -1.43. The minimum Gasteiger partial charge on any atom is -0.458 e. The van der Waals surface area contributed by atoms with Crippen LogP contribution in [-0.4, -0.2) is 35.1 Å². The van der Waals surface area contributed by atoms with Crippen molar-refractivity contribution in [3.05, 3.63) is 53.2 Å². The van der Waals surface area contributed by atoms with E-state index >= 15 is 0 Å². The second kappa shape index (κ2) is 7.15. The Bertz CT molecular complexity index is 870. The van der Waals surface area contributed by atoms with Crippen LogP contribution in [0.1, 0.15) is 38.2 Å². The molecule has 6 nitrogen and oxygen atoms in total. The van der Waals surface area contributed by atoms with Crippen LogP contribution in [0.25, 0.3) is 10.8 Å². The van der Waals surface area contributed by atoms with Crippen molar-refractivity contribution in [1.29, 1.82) is 0 Å². The molecule has 3 rings (SSSR count). The number of hydrogen-bond acceptors (Lipinski definition) is 5. The molecule has 0 spiro atoms. The zero-order valence-corrected chi connectivity index (χ0v) is 14.8. The maximum atomic E-state index is 12.5. The number of nitrogens with zero attached hydrogens (tertiary/aromatic N) is 1. The first-order chi connectivity index (χ1) is 12.6. The lowest BCUT2D eigenvalue weighted by atomic mass is 9.76. The summed E-state index contributed by atoms with van der Waals surface area (Å²) in [6.07, 6.45) is 1.57. The van der Waals surface area contributed by atoms with E-state index in [1.807, 2.05) is 49.4 Å². The summed E-state index contributed by atoms with van der Waals surface area (Å²) >= 11 is 0. The standard InChI is InChI=1S/C20H21NO5/c1-3-12-20(13-22)17(18(21(24)26-20)19(23)25-4-2)16-11-7-9-14-8-5-6-10-15(14)16/h5-11,13,17H,3-4,12H2,1-2H3/t17-,20-/m0/s1. The Morgan fingerprint density at radius 3 is 2.69 bits per heavy atom. The fourth-order valence-corrected chi connectivity index (χ4v) is 3.63. The lowest BCUT2D eigenvalue weighted by Crippen LogP contribution is -2.41. The van der Waals surface area contributed by atoms with Crippen LogP contribution < -0.4 is 0 Å². The molecule has 0 unspecified atom stereocenters. The first-order valence-electron chi connectivity index (χ1n) is 8.72. The van der Waals surface area contributed by atoms with E-state index in [0.717, 1.165) is 10.8 Å². The summed E-state index contributed by atoms with van der Waals surface area (Å²) in [6, 6.07) is 13.2. The van der Waals surface area contributed by atoms with Gasteiger partial charge in [-0.1, -0.05) is 55.8 Å². The summed E-state index contributed by atoms with van der Waals surface area (Å²) < 4.78 is 5.06. The van der Waals surface area contributed by atoms with Crippen LogP contribution in [0.4, 0.5) is 0 Å². The molecule has 1 aliphatic heterocycles. The van der Waals surface area contributed by atoms with E-state index in [1.165, 1.54) is 0 Å². The van der Waals surface area contributed by atoms with Crippen LogP contribution in [0, 0.1) is 5.21 Å². The van der Waals surface area contributed by atoms with Crippen LogP contribution in [0.2, 0.25) is 0 Å². The van der Waals surface area contributed by atoms with E-state index in [-0.39, 0.29) is 17.2 Å². The number of carbonyl (C=O) groups is 2. The number of hydrogen-bond donors (Lipinski definition) is 0. The van der Waals surface area contributed by atoms with Crippen LogP contribution >= 0.6 is 0 Å². The molecule has 2 aromatic rings. The molecule has 136 valence electrons. The monoisotopic (exact) mass is 355 g/mol. The predicted molar refractivity (Wildman–Crippen MR) is 96.7 cm³/mol. The maximum Gasteiger partial charge on any atom is 0.405 e. The van der Waals surface area contributed by atoms with Gasteiger partial charge in [0.1, 0.15) is 12.2 Å². The van der Waals surface area contributed by atoms with Gasteiger partial charge in [0.2, 0.25) is 0 Å². The molecule has 26 heavy (non-hydrogen) atoms. The molecule has 0 radical (unpaired) electrons. The maximum absolute atomic E-state index is 12.5. The number of benzene rings is 2. The third-order valence-corrected chi connectivity index (χ3v) is 4.67. The third kappa shape index (κ3) is 2.81. The van der Waals surface area contributed by atoms with Crippen molar-refractivity contribution in [3.8, 4) is 0 Å². The number of carbonyl (C=O) groups excluding carboxylic acids is 2. The molecule has 1 aliphatic rings. The van der Waals surface area contributed by atoms with Gasteiger partial charge in [0, 0.05) is 0 Å². The molecule has 0 N–H and O–H groups in total. The third-order valence-electron chi connectivity index (χ3n) is 4.67. The van der Waals surface area contributed by atoms with Gasteiger partial charge in [-0.2, -0.15) is 0 Å². The van der Waals surface area contributed by atoms with Crippen molar-refractivity contribution in [2.24, 2.45) is 0 Å². The zero-order chi connectivity index (χ0) is 18.7. The highest BCUT2D eigenvalue weighted by Gasteiger charge is 2.56. The summed E-state index contributed by atoms with van der Waals surface area (Å²) in [5.74, 6) is -1.59. The molecule has 1 heterocycles. The van der Waals surface area contributed by atoms with Crippen LogP contribution in [0.5, 0.6) is 0 Å². The zero-order valence-electron chi connectivity index (χ0n) is 14.8. The first kappa shape index (κ1) is 17.9. The van der Waals surface area contributed by atoms with E-state index in [9.17, 15) is 14.8 Å². The van der Waals surface area contributed by atoms with Gasteiger partial charge >= 0.3 is 11.7 Å². The van der Waals surface area contributed by atoms with Crippen LogP contribution in [0.3, 0.4) is 0 Å². The van der Waals surface area contributed by atoms with Crippen LogP contribution in [-0.2, 0) is 19.2 Å². The molecule has 0 saturated heterocycles. The van der Waals surface area contributed by atoms with Crippen LogP contribution in [0.15, 0.2) is 42.5 Å². The Morgan fingerprint density at radius 1 is 1.27 bits per heavy atom. The molecule has 2 atom stereocenters. The van der Waals surface area contributed by atoms with Crippen molar-refractivity contribution in [2.75, 3.05) is 6.61 Å². The van der Waals surface area contributed by atoms with Crippen molar-refractivity contribution >= 4 is 28.7 Å². The highest BCUT2D eigenvalue weighted by Crippen LogP contribution is 2.42. The lowest BCUT2D eigenvalue weighted by molar-refractivity contribution is -0.747. The van der Waals surface area contributed by atoms with E-state index in [0.29, 0.717) is 24.7 Å². The van der Waals surface area contributed by atoms with E-state index in [2.05, 4.69) is 0 Å². The van der Waals surface area contributed by atoms with Gasteiger partial charge in [-0.05, 0) is 29.7 Å². The molecule has 0 aliphatic carbocycles. The molecular formula is C20H21NO5. The van der Waals surface area contributed by atoms with Crippen molar-refractivity contribution < 1.29 is 24.1 Å². The molecule has 0 bridgehead atoms. The summed E-state index contributed by atoms with van der Waals surface area (Å²) in [5.41, 5.74) is -0.920. The molecule has 0 aromatic heterocycles. The largest absolute Gasteiger partial charge is 0.458 e. The van der Waals surface area contributed by atoms with Crippen molar-refractivity contribution in [3.63, 3.8) is 0 Å². The van der Waals surface area contributed by atoms with E-state index in [4.69, 9.17) is 9.57 Å². The smallest absolute Gasteiger partial charge is 0.405 e. The number of fused-ring (bicyclic) bond motifs is 1. The van der Waals surface area contributed by atoms with Gasteiger partial charge in [0.05, 0.1) is 11.5 Å². The number of rotatable bonds is 6. The first-order valence-corrected chi connectivity index (χ1v) is 8.72. The fraction of sp³-hybridized carbons (Fsp3) is 0.350. The second-order valence-corrected chi connectivity index (χ2v) is 6.28. The topological polar surface area (TPSA) is 78.7 Å². The van der Waals surface area contributed by atoms with Gasteiger partial charge in [-0.3, -0.25) is 5.21 Å². The van der Waals surface area contributed by atoms with E-state index in [1.54, 1.807) is 6.92 Å². The predicted octanol–water partition coefficient (Wildman–Crippen LogP) is 3.12. The van der Waals surface area contributed by atoms with Gasteiger partial charge in [-0.15, -0.1) is 0 Å². The summed E-state index contributed by atoms with van der Waals surface area (Å²) in [7, 11) is 0. The molecule has 6 heteroatoms. The average molecular weight is 355 g/mol. The SMILES string of the molecule is CCC[C@@]1(C=O)O[N+]([O-])=C(C(=O)OCC)[C@@H]1c1cccc2ccccc12. The molecule has 2 aromatic carbocycles. The Morgan fingerprint density at radius 2 is 2.00 bits per heavy atom. The van der Waals surface area contributed by atoms with Crippen molar-refractivity contribution in [2.45, 2.75) is 38.2 Å². The average Bonchev–Trinajstić information content (AvgIpc) is 2.94. The summed E-state index contributed by atoms with van der Waals surface area (Å²) in [4.78, 5) is 30.1. The Hall–Kier alpha value is -2.89. The van der Waals surface area contributed by atoms with Crippen molar-refractivity contribution in [1.82, 2.24) is 0 Å². The number of aldehydes is 1. The fourth-order valence-electron chi connectivity index (χ4n) is 3.63. The van der Waals surface area contributed by atoms with Gasteiger partial charge in [0.15, 0.2) is 5.60 Å². The quantitative estimate of drug-likeness (QED) is 0.452. The Labute approximate surface area is 151 Å². The minimum absolute atomic E-state index is 0.125. The summed E-state index contributed by atoms with van der Waals surface area (Å²) in [5, 5.41) is 14.3. The molecule has 0 saturated carbocycles. The molecule has 0 amide bonds. The lowest BCUT2D eigenvalue weighted by Gasteiger charge is -2.29. The second-order valence-electron chi connectivity index (χ2n) is 6.28. The highest BCUT2D eigenvalue weighted by atomic mass is 16.9. The number of esters is 1. The Balaban J connectivity index is 2.25. The van der Waals surface area contributed by atoms with E-state index < -0.39 is 17.5 Å². The number of ether oxygens (including phenoxy) is 1. The van der Waals surface area contributed by atoms with Gasteiger partial charge < -0.3 is 14.4 Å². The van der Waals surface area contributed by atoms with Gasteiger partial charge in [-0.25, -0.2) is 4.79 Å². The molecular weight excluding hydrogens is 334 g/mol. The highest BCUT2D eigenvalue weighted by molar-refractivity contribution is 6.37. The summed E-state index contributed by atoms with van der Waals surface area (Å²) in [6.45, 7) is 3.68. The Kier molecular flexibility index (Phi) is 4.93.